The van der Waals surface area contributed by atoms with Gasteiger partial charge in [0.2, 0.25) is 5.91 Å². The number of rotatable bonds is 11. The molecule has 2 aliphatic rings. The van der Waals surface area contributed by atoms with E-state index in [1.54, 1.807) is 4.90 Å². The van der Waals surface area contributed by atoms with Crippen LogP contribution in [0.5, 0.6) is 0 Å². The third kappa shape index (κ3) is 8.21. The van der Waals surface area contributed by atoms with E-state index in [1.165, 1.54) is 25.6 Å². The molecule has 15 heteroatoms. The minimum atomic E-state index is -0.844. The summed E-state index contributed by atoms with van der Waals surface area (Å²) >= 11 is 1.46. The second kappa shape index (κ2) is 17.2. The molecule has 2 aliphatic heterocycles. The van der Waals surface area contributed by atoms with E-state index < -0.39 is 29.8 Å². The number of methoxy groups -OCH3 is 2. The Labute approximate surface area is 358 Å². The quantitative estimate of drug-likeness (QED) is 0.101. The maximum Gasteiger partial charge on any atom is 0.407 e. The summed E-state index contributed by atoms with van der Waals surface area (Å²) in [7, 11) is 2.58. The van der Waals surface area contributed by atoms with Gasteiger partial charge in [-0.15, -0.1) is 0 Å². The van der Waals surface area contributed by atoms with E-state index in [-0.39, 0.29) is 23.8 Å². The number of hydrogen-bond acceptors (Lipinski definition) is 9. The number of aromatic amines is 2. The molecule has 0 radical (unpaired) electrons. The number of benzene rings is 3. The van der Waals surface area contributed by atoms with Crippen LogP contribution in [0.4, 0.5) is 9.59 Å². The van der Waals surface area contributed by atoms with Crippen LogP contribution < -0.4 is 10.6 Å². The molecular weight excluding hydrogens is 793 g/mol. The zero-order valence-electron chi connectivity index (χ0n) is 34.9. The lowest BCUT2D eigenvalue weighted by Crippen LogP contribution is -2.55. The SMILES string of the molecule is COC(=O)NC(C(=O)N1CCC[C@@]1(C)c1ncc(-c2ccc3cc(-c4ccc(-c5cnc([C@@H]6CCCN6C(=O)[C@@H](NC(=O)OC)c6ccsc6)[nH]5)cc4)ccc3c2)[nH]1)C(C)C. The smallest absolute Gasteiger partial charge is 0.407 e. The fourth-order valence-electron chi connectivity index (χ4n) is 8.64. The molecule has 4 atom stereocenters. The molecule has 0 spiro atoms. The van der Waals surface area contributed by atoms with Gasteiger partial charge in [0, 0.05) is 18.7 Å². The van der Waals surface area contributed by atoms with Gasteiger partial charge in [0.05, 0.1) is 49.6 Å². The molecule has 0 aliphatic carbocycles. The Bertz CT molecular complexity index is 2550. The fraction of sp³-hybridized carbons (Fsp3) is 0.348. The molecular formula is C46H50N8O6S. The number of carbonyl (C=O) groups is 4. The molecule has 2 saturated heterocycles. The van der Waals surface area contributed by atoms with E-state index in [4.69, 9.17) is 19.4 Å². The Morgan fingerprint density at radius 2 is 1.44 bits per heavy atom. The van der Waals surface area contributed by atoms with Gasteiger partial charge in [-0.1, -0.05) is 62.4 Å². The minimum absolute atomic E-state index is 0.122. The van der Waals surface area contributed by atoms with E-state index >= 15 is 0 Å². The van der Waals surface area contributed by atoms with E-state index in [2.05, 4.69) is 81.3 Å². The zero-order chi connectivity index (χ0) is 42.8. The van der Waals surface area contributed by atoms with Gasteiger partial charge in [0.15, 0.2) is 0 Å². The molecule has 3 aromatic carbocycles. The molecule has 6 aromatic rings. The van der Waals surface area contributed by atoms with Crippen LogP contribution in [0.1, 0.15) is 75.8 Å². The summed E-state index contributed by atoms with van der Waals surface area (Å²) in [6.07, 6.45) is 5.50. The van der Waals surface area contributed by atoms with Crippen molar-refractivity contribution in [1.29, 1.82) is 0 Å². The van der Waals surface area contributed by atoms with Crippen LogP contribution in [0, 0.1) is 5.92 Å². The Balaban J connectivity index is 0.952. The van der Waals surface area contributed by atoms with Gasteiger partial charge in [-0.3, -0.25) is 9.59 Å². The van der Waals surface area contributed by atoms with Gasteiger partial charge in [-0.05, 0) is 101 Å². The van der Waals surface area contributed by atoms with Crippen molar-refractivity contribution in [2.75, 3.05) is 27.3 Å². The van der Waals surface area contributed by atoms with Crippen LogP contribution in [0.3, 0.4) is 0 Å². The maximum absolute atomic E-state index is 13.8. The molecule has 3 aromatic heterocycles. The number of aromatic nitrogens is 4. The summed E-state index contributed by atoms with van der Waals surface area (Å²) in [5, 5.41) is 11.4. The Hall–Kier alpha value is -6.48. The van der Waals surface area contributed by atoms with Crippen molar-refractivity contribution < 1.29 is 28.7 Å². The zero-order valence-corrected chi connectivity index (χ0v) is 35.7. The van der Waals surface area contributed by atoms with Crippen LogP contribution in [-0.4, -0.2) is 87.1 Å². The van der Waals surface area contributed by atoms with Gasteiger partial charge < -0.3 is 39.9 Å². The predicted octanol–water partition coefficient (Wildman–Crippen LogP) is 8.33. The highest BCUT2D eigenvalue weighted by atomic mass is 32.1. The number of likely N-dealkylation sites (tertiary alicyclic amines) is 2. The summed E-state index contributed by atoms with van der Waals surface area (Å²) in [4.78, 5) is 72.0. The van der Waals surface area contributed by atoms with Crippen LogP contribution in [0.25, 0.3) is 44.4 Å². The van der Waals surface area contributed by atoms with Crippen molar-refractivity contribution in [2.24, 2.45) is 5.92 Å². The molecule has 0 bridgehead atoms. The molecule has 8 rings (SSSR count). The Morgan fingerprint density at radius 1 is 0.787 bits per heavy atom. The number of H-pyrrole nitrogens is 2. The Morgan fingerprint density at radius 3 is 2.15 bits per heavy atom. The van der Waals surface area contributed by atoms with Crippen molar-refractivity contribution in [2.45, 2.75) is 70.1 Å². The van der Waals surface area contributed by atoms with Gasteiger partial charge in [-0.2, -0.15) is 11.3 Å². The molecule has 5 heterocycles. The average molecular weight is 843 g/mol. The van der Waals surface area contributed by atoms with Crippen molar-refractivity contribution in [3.63, 3.8) is 0 Å². The minimum Gasteiger partial charge on any atom is -0.453 e. The largest absolute Gasteiger partial charge is 0.453 e. The number of imidazole rings is 2. The number of fused-ring (bicyclic) bond motifs is 1. The second-order valence-electron chi connectivity index (χ2n) is 16.2. The third-order valence-corrected chi connectivity index (χ3v) is 12.8. The molecule has 0 saturated carbocycles. The van der Waals surface area contributed by atoms with Crippen molar-refractivity contribution in [1.82, 2.24) is 40.4 Å². The molecule has 2 fully saturated rings. The first kappa shape index (κ1) is 41.3. The highest BCUT2D eigenvalue weighted by Gasteiger charge is 2.46. The standard InChI is InChI=1S/C46H50N8O6S/c1-27(2)38(51-44(57)59-4)42(56)54-20-7-18-46(54,3)43-48-25-36(50-43)33-16-15-31-22-30(13-14-32(31)23-33)28-9-11-29(12-10-28)35-24-47-40(49-35)37-8-6-19-53(37)41(55)39(52-45(58)60-5)34-17-21-61-26-34/h9-17,21-27,37-39H,6-8,18-20H2,1-5H3,(H,47,49)(H,48,50)(H,51,57)(H,52,58)/t37-,38?,39-,46-/m0/s1. The lowest BCUT2D eigenvalue weighted by Gasteiger charge is -2.37. The summed E-state index contributed by atoms with van der Waals surface area (Å²) in [6.45, 7) is 6.98. The molecule has 4 amide bonds. The number of ether oxygens (including phenoxy) is 2. The number of thiophene rings is 1. The lowest BCUT2D eigenvalue weighted by molar-refractivity contribution is -0.138. The van der Waals surface area contributed by atoms with Crippen molar-refractivity contribution in [3.8, 4) is 33.6 Å². The van der Waals surface area contributed by atoms with E-state index in [1.807, 2.05) is 54.9 Å². The van der Waals surface area contributed by atoms with Gasteiger partial charge >= 0.3 is 12.2 Å². The summed E-state index contributed by atoms with van der Waals surface area (Å²) < 4.78 is 9.61. The van der Waals surface area contributed by atoms with Gasteiger partial charge in [-0.25, -0.2) is 19.6 Å². The summed E-state index contributed by atoms with van der Waals surface area (Å²) in [6, 6.07) is 21.1. The van der Waals surface area contributed by atoms with Crippen LogP contribution in [-0.2, 0) is 24.6 Å². The van der Waals surface area contributed by atoms with Crippen LogP contribution in [0.15, 0.2) is 89.9 Å². The molecule has 4 N–H and O–H groups in total. The summed E-state index contributed by atoms with van der Waals surface area (Å²) in [5.74, 6) is 0.953. The van der Waals surface area contributed by atoms with Gasteiger partial charge in [0.25, 0.3) is 5.91 Å². The van der Waals surface area contributed by atoms with E-state index in [9.17, 15) is 19.2 Å². The fourth-order valence-corrected chi connectivity index (χ4v) is 9.33. The normalized spacial score (nSPS) is 18.6. The van der Waals surface area contributed by atoms with Crippen molar-refractivity contribution >= 4 is 46.1 Å². The second-order valence-corrected chi connectivity index (χ2v) is 17.0. The number of hydrogen-bond donors (Lipinski definition) is 4. The lowest BCUT2D eigenvalue weighted by atomic mass is 9.95. The van der Waals surface area contributed by atoms with E-state index in [0.717, 1.165) is 75.7 Å². The number of nitrogens with zero attached hydrogens (tertiary/aromatic N) is 4. The first-order chi connectivity index (χ1) is 29.5. The number of nitrogens with one attached hydrogen (secondary N) is 4. The van der Waals surface area contributed by atoms with Crippen LogP contribution in [0.2, 0.25) is 0 Å². The highest BCUT2D eigenvalue weighted by Crippen LogP contribution is 2.40. The number of carbonyl (C=O) groups excluding carboxylic acids is 4. The average Bonchev–Trinajstić information content (AvgIpc) is 4.14. The monoisotopic (exact) mass is 842 g/mol. The van der Waals surface area contributed by atoms with Crippen LogP contribution >= 0.6 is 11.3 Å². The highest BCUT2D eigenvalue weighted by molar-refractivity contribution is 7.08. The maximum atomic E-state index is 13.8. The summed E-state index contributed by atoms with van der Waals surface area (Å²) in [5.41, 5.74) is 5.90. The van der Waals surface area contributed by atoms with E-state index in [0.29, 0.717) is 24.7 Å². The molecule has 1 unspecified atom stereocenters. The van der Waals surface area contributed by atoms with Crippen molar-refractivity contribution in [3.05, 3.63) is 107 Å². The number of amides is 4. The number of alkyl carbamates (subject to hydrolysis) is 2. The topological polar surface area (TPSA) is 175 Å². The molecule has 316 valence electrons. The third-order valence-electron chi connectivity index (χ3n) is 12.1. The first-order valence-corrected chi connectivity index (χ1v) is 21.5. The predicted molar refractivity (Wildman–Crippen MR) is 233 cm³/mol. The van der Waals surface area contributed by atoms with Gasteiger partial charge in [0.1, 0.15) is 23.7 Å². The molecule has 14 nitrogen and oxygen atoms in total. The Kier molecular flexibility index (Phi) is 11.7. The molecule has 61 heavy (non-hydrogen) atoms. The first-order valence-electron chi connectivity index (χ1n) is 20.6.